The van der Waals surface area contributed by atoms with E-state index in [1.807, 2.05) is 0 Å². The molecule has 6 nitrogen and oxygen atoms in total. The van der Waals surface area contributed by atoms with Crippen LogP contribution in [0.1, 0.15) is 48.0 Å². The van der Waals surface area contributed by atoms with Crippen LogP contribution >= 0.6 is 0 Å². The van der Waals surface area contributed by atoms with Crippen LogP contribution in [0.2, 0.25) is 0 Å². The topological polar surface area (TPSA) is 91.8 Å². The molecule has 1 heterocycles. The minimum Gasteiger partial charge on any atom is -0.480 e. The van der Waals surface area contributed by atoms with Crippen LogP contribution in [-0.4, -0.2) is 48.6 Å². The zero-order valence-corrected chi connectivity index (χ0v) is 15.3. The second-order valence-electron chi connectivity index (χ2n) is 7.16. The van der Waals surface area contributed by atoms with E-state index in [1.165, 1.54) is 17.0 Å². The zero-order chi connectivity index (χ0) is 18.4. The SMILES string of the molecule is Cc1ccc(S(C)(=O)=O)cc1C(=O)N1C(C(=O)O)CC2CCCCC21. The average molecular weight is 365 g/mol. The highest BCUT2D eigenvalue weighted by Gasteiger charge is 2.47. The number of sulfone groups is 1. The number of hydrogen-bond acceptors (Lipinski definition) is 4. The Morgan fingerprint density at radius 3 is 2.52 bits per heavy atom. The van der Waals surface area contributed by atoms with Crippen molar-refractivity contribution < 1.29 is 23.1 Å². The molecule has 3 rings (SSSR count). The van der Waals surface area contributed by atoms with Crippen molar-refractivity contribution >= 4 is 21.7 Å². The number of carbonyl (C=O) groups is 2. The average Bonchev–Trinajstić information content (AvgIpc) is 2.93. The van der Waals surface area contributed by atoms with Gasteiger partial charge in [0.2, 0.25) is 0 Å². The van der Waals surface area contributed by atoms with Gasteiger partial charge in [0.1, 0.15) is 6.04 Å². The Morgan fingerprint density at radius 2 is 1.88 bits per heavy atom. The van der Waals surface area contributed by atoms with Crippen molar-refractivity contribution in [2.24, 2.45) is 5.92 Å². The Balaban J connectivity index is 2.02. The normalized spacial score (nSPS) is 26.3. The van der Waals surface area contributed by atoms with Gasteiger partial charge in [-0.25, -0.2) is 13.2 Å². The molecule has 1 aromatic rings. The van der Waals surface area contributed by atoms with Crippen molar-refractivity contribution in [3.8, 4) is 0 Å². The van der Waals surface area contributed by atoms with Crippen LogP contribution in [0.25, 0.3) is 0 Å². The smallest absolute Gasteiger partial charge is 0.326 e. The van der Waals surface area contributed by atoms with Crippen molar-refractivity contribution in [3.05, 3.63) is 29.3 Å². The third-order valence-corrected chi connectivity index (χ3v) is 6.59. The van der Waals surface area contributed by atoms with Gasteiger partial charge in [0.15, 0.2) is 9.84 Å². The predicted octanol–water partition coefficient (Wildman–Crippen LogP) is 2.26. The number of hydrogen-bond donors (Lipinski definition) is 1. The monoisotopic (exact) mass is 365 g/mol. The van der Waals surface area contributed by atoms with Crippen LogP contribution in [0.4, 0.5) is 0 Å². The summed E-state index contributed by atoms with van der Waals surface area (Å²) in [5.41, 5.74) is 0.932. The van der Waals surface area contributed by atoms with E-state index in [4.69, 9.17) is 0 Å². The lowest BCUT2D eigenvalue weighted by molar-refractivity contribution is -0.141. The number of benzene rings is 1. The van der Waals surface area contributed by atoms with E-state index in [1.54, 1.807) is 13.0 Å². The minimum absolute atomic E-state index is 0.0661. The molecule has 25 heavy (non-hydrogen) atoms. The van der Waals surface area contributed by atoms with Crippen LogP contribution in [0.5, 0.6) is 0 Å². The summed E-state index contributed by atoms with van der Waals surface area (Å²) >= 11 is 0. The summed E-state index contributed by atoms with van der Waals surface area (Å²) < 4.78 is 23.6. The number of fused-ring (bicyclic) bond motifs is 1. The van der Waals surface area contributed by atoms with Gasteiger partial charge in [-0.2, -0.15) is 0 Å². The van der Waals surface area contributed by atoms with Crippen molar-refractivity contribution in [2.75, 3.05) is 6.26 Å². The largest absolute Gasteiger partial charge is 0.480 e. The molecule has 0 radical (unpaired) electrons. The van der Waals surface area contributed by atoms with Gasteiger partial charge in [0, 0.05) is 17.9 Å². The number of carboxylic acids is 1. The number of carboxylic acid groups (broad SMARTS) is 1. The van der Waals surface area contributed by atoms with Gasteiger partial charge < -0.3 is 10.0 Å². The third kappa shape index (κ3) is 3.29. The Kier molecular flexibility index (Phi) is 4.62. The molecule has 1 aromatic carbocycles. The van der Waals surface area contributed by atoms with Crippen LogP contribution in [0, 0.1) is 12.8 Å². The molecule has 0 bridgehead atoms. The Labute approximate surface area is 147 Å². The van der Waals surface area contributed by atoms with E-state index in [0.717, 1.165) is 31.9 Å². The molecule has 136 valence electrons. The van der Waals surface area contributed by atoms with Crippen LogP contribution in [0.3, 0.4) is 0 Å². The molecule has 1 saturated heterocycles. The van der Waals surface area contributed by atoms with Gasteiger partial charge in [0.25, 0.3) is 5.91 Å². The van der Waals surface area contributed by atoms with Crippen molar-refractivity contribution in [1.82, 2.24) is 4.90 Å². The van der Waals surface area contributed by atoms with Crippen molar-refractivity contribution in [2.45, 2.75) is 56.0 Å². The van der Waals surface area contributed by atoms with E-state index in [9.17, 15) is 23.1 Å². The lowest BCUT2D eigenvalue weighted by Gasteiger charge is -2.33. The summed E-state index contributed by atoms with van der Waals surface area (Å²) in [5.74, 6) is -1.14. The fourth-order valence-electron chi connectivity index (χ4n) is 4.17. The molecular formula is C18H23NO5S. The molecule has 1 aliphatic carbocycles. The van der Waals surface area contributed by atoms with Gasteiger partial charge in [-0.05, 0) is 49.8 Å². The summed E-state index contributed by atoms with van der Waals surface area (Å²) in [5, 5.41) is 9.59. The van der Waals surface area contributed by atoms with Crippen LogP contribution in [-0.2, 0) is 14.6 Å². The summed E-state index contributed by atoms with van der Waals surface area (Å²) in [7, 11) is -3.44. The number of carbonyl (C=O) groups excluding carboxylic acids is 1. The number of amides is 1. The Morgan fingerprint density at radius 1 is 1.20 bits per heavy atom. The maximum Gasteiger partial charge on any atom is 0.326 e. The quantitative estimate of drug-likeness (QED) is 0.887. The van der Waals surface area contributed by atoms with E-state index < -0.39 is 21.8 Å². The lowest BCUT2D eigenvalue weighted by atomic mass is 9.84. The standard InChI is InChI=1S/C18H23NO5S/c1-11-7-8-13(25(2,23)24)10-14(11)17(20)19-15-6-4-3-5-12(15)9-16(19)18(21)22/h7-8,10,12,15-16H,3-6,9H2,1-2H3,(H,21,22). The first-order valence-corrected chi connectivity index (χ1v) is 10.5. The second-order valence-corrected chi connectivity index (χ2v) is 9.18. The molecule has 0 spiro atoms. The number of nitrogens with zero attached hydrogens (tertiary/aromatic N) is 1. The van der Waals surface area contributed by atoms with Crippen LogP contribution in [0.15, 0.2) is 23.1 Å². The van der Waals surface area contributed by atoms with Gasteiger partial charge in [-0.3, -0.25) is 4.79 Å². The van der Waals surface area contributed by atoms with E-state index in [0.29, 0.717) is 12.0 Å². The number of aryl methyl sites for hydroxylation is 1. The molecule has 1 saturated carbocycles. The Hall–Kier alpha value is -1.89. The van der Waals surface area contributed by atoms with Crippen LogP contribution < -0.4 is 0 Å². The predicted molar refractivity (Wildman–Crippen MR) is 92.2 cm³/mol. The molecule has 2 fully saturated rings. The molecule has 1 N–H and O–H groups in total. The number of likely N-dealkylation sites (tertiary alicyclic amines) is 1. The van der Waals surface area contributed by atoms with E-state index >= 15 is 0 Å². The fourth-order valence-corrected chi connectivity index (χ4v) is 4.82. The van der Waals surface area contributed by atoms with Gasteiger partial charge in [0.05, 0.1) is 4.90 Å². The Bertz CT molecular complexity index is 817. The first-order valence-electron chi connectivity index (χ1n) is 8.56. The molecule has 7 heteroatoms. The molecule has 3 atom stereocenters. The maximum absolute atomic E-state index is 13.2. The molecule has 1 amide bonds. The second kappa shape index (κ2) is 6.44. The zero-order valence-electron chi connectivity index (χ0n) is 14.4. The summed E-state index contributed by atoms with van der Waals surface area (Å²) in [6, 6.07) is 3.56. The summed E-state index contributed by atoms with van der Waals surface area (Å²) in [6.45, 7) is 1.74. The van der Waals surface area contributed by atoms with E-state index in [-0.39, 0.29) is 28.3 Å². The fraction of sp³-hybridized carbons (Fsp3) is 0.556. The highest BCUT2D eigenvalue weighted by atomic mass is 32.2. The van der Waals surface area contributed by atoms with E-state index in [2.05, 4.69) is 0 Å². The summed E-state index contributed by atoms with van der Waals surface area (Å²) in [6.07, 6.45) is 5.39. The highest BCUT2D eigenvalue weighted by molar-refractivity contribution is 7.90. The van der Waals surface area contributed by atoms with Crippen molar-refractivity contribution in [3.63, 3.8) is 0 Å². The number of rotatable bonds is 3. The minimum atomic E-state index is -3.44. The molecule has 3 unspecified atom stereocenters. The summed E-state index contributed by atoms with van der Waals surface area (Å²) in [4.78, 5) is 26.5. The van der Waals surface area contributed by atoms with Gasteiger partial charge in [-0.15, -0.1) is 0 Å². The van der Waals surface area contributed by atoms with Crippen molar-refractivity contribution in [1.29, 1.82) is 0 Å². The number of aliphatic carboxylic acids is 1. The van der Waals surface area contributed by atoms with Gasteiger partial charge >= 0.3 is 5.97 Å². The molecule has 0 aromatic heterocycles. The first kappa shape index (κ1) is 17.9. The maximum atomic E-state index is 13.2. The first-order chi connectivity index (χ1) is 11.7. The molecule has 2 aliphatic rings. The van der Waals surface area contributed by atoms with Gasteiger partial charge in [-0.1, -0.05) is 18.9 Å². The molecule has 1 aliphatic heterocycles. The molecular weight excluding hydrogens is 342 g/mol. The third-order valence-electron chi connectivity index (χ3n) is 5.48. The highest BCUT2D eigenvalue weighted by Crippen LogP contribution is 2.40. The lowest BCUT2D eigenvalue weighted by Crippen LogP contribution is -2.46.